The molecular weight excluding hydrogens is 430 g/mol. The first-order valence-corrected chi connectivity index (χ1v) is 12.3. The van der Waals surface area contributed by atoms with Gasteiger partial charge in [0.1, 0.15) is 11.8 Å². The van der Waals surface area contributed by atoms with Gasteiger partial charge < -0.3 is 15.3 Å². The predicted octanol–water partition coefficient (Wildman–Crippen LogP) is 2.87. The van der Waals surface area contributed by atoms with Gasteiger partial charge in [-0.2, -0.15) is 4.31 Å². The molecule has 0 bridgehead atoms. The topological polar surface area (TPSA) is 107 Å². The predicted molar refractivity (Wildman–Crippen MR) is 119 cm³/mol. The molecule has 8 nitrogen and oxygen atoms in total. The standard InChI is InChI=1S/C23H27N3O5S/c27-20-12-11-18(32(30,31)25-13-6-7-14-25)16-19(20)24-23(29)22(17-8-2-1-3-9-17)26-15-5-4-10-21(26)28/h1-3,8-9,11-12,16,22,27H,4-7,10,13-15H2,(H,24,29). The number of hydrogen-bond acceptors (Lipinski definition) is 5. The smallest absolute Gasteiger partial charge is 0.251 e. The summed E-state index contributed by atoms with van der Waals surface area (Å²) >= 11 is 0. The van der Waals surface area contributed by atoms with Gasteiger partial charge in [-0.15, -0.1) is 0 Å². The van der Waals surface area contributed by atoms with Crippen LogP contribution in [-0.4, -0.2) is 54.2 Å². The fraction of sp³-hybridized carbons (Fsp3) is 0.391. The number of anilines is 1. The van der Waals surface area contributed by atoms with Crippen molar-refractivity contribution in [1.29, 1.82) is 0 Å². The Hall–Kier alpha value is -2.91. The van der Waals surface area contributed by atoms with Crippen LogP contribution < -0.4 is 5.32 Å². The highest BCUT2D eigenvalue weighted by molar-refractivity contribution is 7.89. The zero-order valence-electron chi connectivity index (χ0n) is 17.7. The summed E-state index contributed by atoms with van der Waals surface area (Å²) in [6, 6.07) is 12.0. The quantitative estimate of drug-likeness (QED) is 0.649. The van der Waals surface area contributed by atoms with E-state index in [-0.39, 0.29) is 22.2 Å². The molecule has 1 atom stereocenters. The lowest BCUT2D eigenvalue weighted by atomic mass is 10.0. The lowest BCUT2D eigenvalue weighted by Crippen LogP contribution is -2.43. The highest BCUT2D eigenvalue weighted by Gasteiger charge is 2.33. The number of hydrogen-bond donors (Lipinski definition) is 2. The van der Waals surface area contributed by atoms with Crippen LogP contribution in [0.4, 0.5) is 5.69 Å². The second kappa shape index (κ2) is 9.30. The fourth-order valence-corrected chi connectivity index (χ4v) is 5.81. The van der Waals surface area contributed by atoms with Crippen LogP contribution in [0.15, 0.2) is 53.4 Å². The number of benzene rings is 2. The van der Waals surface area contributed by atoms with E-state index in [0.717, 1.165) is 25.7 Å². The Bertz CT molecular complexity index is 1100. The number of carbonyl (C=O) groups is 2. The molecule has 2 aromatic rings. The molecule has 2 fully saturated rings. The summed E-state index contributed by atoms with van der Waals surface area (Å²) in [4.78, 5) is 27.5. The third-order valence-corrected chi connectivity index (χ3v) is 7.86. The van der Waals surface area contributed by atoms with Crippen molar-refractivity contribution in [3.8, 4) is 5.75 Å². The van der Waals surface area contributed by atoms with E-state index in [9.17, 15) is 23.1 Å². The first-order valence-electron chi connectivity index (χ1n) is 10.9. The summed E-state index contributed by atoms with van der Waals surface area (Å²) in [5, 5.41) is 13.0. The molecule has 2 saturated heterocycles. The van der Waals surface area contributed by atoms with Crippen LogP contribution in [0.5, 0.6) is 5.75 Å². The average Bonchev–Trinajstić information content (AvgIpc) is 3.33. The minimum absolute atomic E-state index is 0.000612. The molecule has 32 heavy (non-hydrogen) atoms. The Morgan fingerprint density at radius 3 is 2.34 bits per heavy atom. The van der Waals surface area contributed by atoms with Gasteiger partial charge >= 0.3 is 0 Å². The maximum absolute atomic E-state index is 13.4. The summed E-state index contributed by atoms with van der Waals surface area (Å²) in [5.74, 6) is -0.845. The third-order valence-electron chi connectivity index (χ3n) is 5.96. The van der Waals surface area contributed by atoms with Crippen LogP contribution in [0.25, 0.3) is 0 Å². The second-order valence-corrected chi connectivity index (χ2v) is 10.1. The number of aromatic hydroxyl groups is 1. The van der Waals surface area contributed by atoms with Crippen molar-refractivity contribution >= 4 is 27.5 Å². The second-order valence-electron chi connectivity index (χ2n) is 8.14. The molecular formula is C23H27N3O5S. The van der Waals surface area contributed by atoms with E-state index in [1.807, 2.05) is 6.07 Å². The molecule has 0 saturated carbocycles. The number of phenolic OH excluding ortho intramolecular Hbond substituents is 1. The molecule has 2 N–H and O–H groups in total. The molecule has 2 aliphatic rings. The van der Waals surface area contributed by atoms with Gasteiger partial charge in [-0.3, -0.25) is 9.59 Å². The molecule has 0 radical (unpaired) electrons. The van der Waals surface area contributed by atoms with E-state index in [0.29, 0.717) is 31.6 Å². The largest absolute Gasteiger partial charge is 0.506 e. The molecule has 2 amide bonds. The van der Waals surface area contributed by atoms with Crippen molar-refractivity contribution in [1.82, 2.24) is 9.21 Å². The van der Waals surface area contributed by atoms with Gasteiger partial charge in [-0.25, -0.2) is 8.42 Å². The number of piperidine rings is 1. The highest BCUT2D eigenvalue weighted by atomic mass is 32.2. The number of likely N-dealkylation sites (tertiary alicyclic amines) is 1. The van der Waals surface area contributed by atoms with E-state index in [1.165, 1.54) is 22.5 Å². The first-order chi connectivity index (χ1) is 15.4. The Morgan fingerprint density at radius 1 is 0.969 bits per heavy atom. The molecule has 9 heteroatoms. The van der Waals surface area contributed by atoms with Crippen LogP contribution in [0.2, 0.25) is 0 Å². The lowest BCUT2D eigenvalue weighted by Gasteiger charge is -2.34. The molecule has 0 aliphatic carbocycles. The number of phenols is 1. The third kappa shape index (κ3) is 4.49. The molecule has 1 unspecified atom stereocenters. The van der Waals surface area contributed by atoms with Crippen molar-refractivity contribution in [3.05, 3.63) is 54.1 Å². The number of rotatable bonds is 6. The van der Waals surface area contributed by atoms with Gasteiger partial charge in [0.2, 0.25) is 15.9 Å². The van der Waals surface area contributed by atoms with Crippen molar-refractivity contribution < 1.29 is 23.1 Å². The van der Waals surface area contributed by atoms with Crippen molar-refractivity contribution in [2.75, 3.05) is 25.0 Å². The average molecular weight is 458 g/mol. The van der Waals surface area contributed by atoms with Crippen LogP contribution in [0, 0.1) is 0 Å². The summed E-state index contributed by atoms with van der Waals surface area (Å²) < 4.78 is 27.2. The van der Waals surface area contributed by atoms with E-state index < -0.39 is 22.0 Å². The van der Waals surface area contributed by atoms with Crippen molar-refractivity contribution in [2.45, 2.75) is 43.0 Å². The lowest BCUT2D eigenvalue weighted by molar-refractivity contribution is -0.141. The minimum atomic E-state index is -3.71. The first kappa shape index (κ1) is 22.3. The van der Waals surface area contributed by atoms with Crippen LogP contribution in [-0.2, 0) is 19.6 Å². The number of sulfonamides is 1. The SMILES string of the molecule is O=C(Nc1cc(S(=O)(=O)N2CCCC2)ccc1O)C(c1ccccc1)N1CCCCC1=O. The minimum Gasteiger partial charge on any atom is -0.506 e. The van der Waals surface area contributed by atoms with Gasteiger partial charge in [-0.05, 0) is 49.4 Å². The summed E-state index contributed by atoms with van der Waals surface area (Å²) in [7, 11) is -3.71. The zero-order chi connectivity index (χ0) is 22.7. The fourth-order valence-electron chi connectivity index (χ4n) is 4.26. The summed E-state index contributed by atoms with van der Waals surface area (Å²) in [6.07, 6.45) is 3.59. The van der Waals surface area contributed by atoms with Crippen molar-refractivity contribution in [3.63, 3.8) is 0 Å². The van der Waals surface area contributed by atoms with Gasteiger partial charge in [0, 0.05) is 26.1 Å². The molecule has 0 aromatic heterocycles. The van der Waals surface area contributed by atoms with Gasteiger partial charge in [0.25, 0.3) is 5.91 Å². The maximum atomic E-state index is 13.4. The van der Waals surface area contributed by atoms with Gasteiger partial charge in [-0.1, -0.05) is 30.3 Å². The Labute approximate surface area is 187 Å². The van der Waals surface area contributed by atoms with E-state index in [4.69, 9.17) is 0 Å². The molecule has 4 rings (SSSR count). The van der Waals surface area contributed by atoms with Crippen LogP contribution in [0.1, 0.15) is 43.7 Å². The Morgan fingerprint density at radius 2 is 1.66 bits per heavy atom. The van der Waals surface area contributed by atoms with Gasteiger partial charge in [0.15, 0.2) is 0 Å². The molecule has 2 aliphatic heterocycles. The number of nitrogens with one attached hydrogen (secondary N) is 1. The molecule has 170 valence electrons. The number of amides is 2. The van der Waals surface area contributed by atoms with E-state index in [2.05, 4.69) is 5.32 Å². The molecule has 2 heterocycles. The monoisotopic (exact) mass is 457 g/mol. The van der Waals surface area contributed by atoms with E-state index >= 15 is 0 Å². The van der Waals surface area contributed by atoms with Crippen molar-refractivity contribution in [2.24, 2.45) is 0 Å². The Balaban J connectivity index is 1.64. The summed E-state index contributed by atoms with van der Waals surface area (Å²) in [6.45, 7) is 1.37. The van der Waals surface area contributed by atoms with Crippen LogP contribution >= 0.6 is 0 Å². The normalized spacial score (nSPS) is 18.5. The zero-order valence-corrected chi connectivity index (χ0v) is 18.6. The highest BCUT2D eigenvalue weighted by Crippen LogP contribution is 2.32. The maximum Gasteiger partial charge on any atom is 0.251 e. The number of carbonyl (C=O) groups excluding carboxylic acids is 2. The molecule has 0 spiro atoms. The Kier molecular flexibility index (Phi) is 6.48. The summed E-state index contributed by atoms with van der Waals surface area (Å²) in [5.41, 5.74) is 0.654. The number of nitrogens with zero attached hydrogens (tertiary/aromatic N) is 2. The van der Waals surface area contributed by atoms with Gasteiger partial charge in [0.05, 0.1) is 10.6 Å². The van der Waals surface area contributed by atoms with Crippen LogP contribution in [0.3, 0.4) is 0 Å². The van der Waals surface area contributed by atoms with E-state index in [1.54, 1.807) is 29.2 Å². The molecule has 2 aromatic carbocycles.